The van der Waals surface area contributed by atoms with E-state index < -0.39 is 29.3 Å². The highest BCUT2D eigenvalue weighted by Crippen LogP contribution is 2.56. The predicted octanol–water partition coefficient (Wildman–Crippen LogP) is 3.24. The summed E-state index contributed by atoms with van der Waals surface area (Å²) in [6, 6.07) is 6.01. The van der Waals surface area contributed by atoms with E-state index in [1.165, 1.54) is 12.1 Å². The van der Waals surface area contributed by atoms with Crippen LogP contribution in [0.2, 0.25) is 0 Å². The zero-order valence-corrected chi connectivity index (χ0v) is 10.8. The summed E-state index contributed by atoms with van der Waals surface area (Å²) in [7, 11) is 0. The molecule has 0 spiro atoms. The lowest BCUT2D eigenvalue weighted by atomic mass is 9.77. The lowest BCUT2D eigenvalue weighted by Crippen LogP contribution is -2.46. The van der Waals surface area contributed by atoms with Crippen molar-refractivity contribution < 1.29 is 18.0 Å². The van der Waals surface area contributed by atoms with Crippen LogP contribution in [0.5, 0.6) is 0 Å². The maximum absolute atomic E-state index is 14.2. The van der Waals surface area contributed by atoms with Gasteiger partial charge in [-0.2, -0.15) is 5.48 Å². The zero-order valence-electron chi connectivity index (χ0n) is 10.8. The van der Waals surface area contributed by atoms with Crippen molar-refractivity contribution in [3.05, 3.63) is 35.6 Å². The summed E-state index contributed by atoms with van der Waals surface area (Å²) in [5, 5.41) is 0. The van der Waals surface area contributed by atoms with Crippen LogP contribution in [-0.4, -0.2) is 12.0 Å². The van der Waals surface area contributed by atoms with Crippen LogP contribution in [0.3, 0.4) is 0 Å². The quantitative estimate of drug-likeness (QED) is 0.846. The van der Waals surface area contributed by atoms with Crippen LogP contribution < -0.4 is 5.48 Å². The fourth-order valence-corrected chi connectivity index (χ4v) is 3.54. The Morgan fingerprint density at radius 2 is 2.00 bits per heavy atom. The molecule has 1 aromatic rings. The minimum absolute atomic E-state index is 0.214. The van der Waals surface area contributed by atoms with Crippen molar-refractivity contribution in [2.24, 2.45) is 11.8 Å². The van der Waals surface area contributed by atoms with Crippen molar-refractivity contribution in [2.75, 3.05) is 0 Å². The van der Waals surface area contributed by atoms with Gasteiger partial charge in [0.25, 0.3) is 5.92 Å². The molecule has 0 bridgehead atoms. The first-order chi connectivity index (χ1) is 8.86. The first-order valence-electron chi connectivity index (χ1n) is 6.42. The average molecular weight is 271 g/mol. The SMILES string of the molecule is CC1CC(F)(F)[C@H]2[C@@H]1ON[C@]2(C)c1ccccc1F. The molecule has 104 valence electrons. The van der Waals surface area contributed by atoms with Gasteiger partial charge in [0, 0.05) is 12.0 Å². The van der Waals surface area contributed by atoms with Crippen molar-refractivity contribution in [1.82, 2.24) is 5.48 Å². The molecule has 4 atom stereocenters. The molecule has 0 amide bonds. The third kappa shape index (κ3) is 1.71. The Balaban J connectivity index is 2.08. The molecule has 2 nitrogen and oxygen atoms in total. The number of alkyl halides is 2. The van der Waals surface area contributed by atoms with E-state index in [9.17, 15) is 13.2 Å². The van der Waals surface area contributed by atoms with E-state index in [1.807, 2.05) is 0 Å². The van der Waals surface area contributed by atoms with Crippen LogP contribution in [0.1, 0.15) is 25.8 Å². The summed E-state index contributed by atoms with van der Waals surface area (Å²) >= 11 is 0. The molecule has 1 aliphatic carbocycles. The molecule has 1 saturated carbocycles. The average Bonchev–Trinajstić information content (AvgIpc) is 2.79. The summed E-state index contributed by atoms with van der Waals surface area (Å²) in [6.07, 6.45) is -0.798. The van der Waals surface area contributed by atoms with Gasteiger partial charge in [-0.05, 0) is 18.9 Å². The van der Waals surface area contributed by atoms with Gasteiger partial charge < -0.3 is 0 Å². The molecule has 1 unspecified atom stereocenters. The normalized spacial score (nSPS) is 40.4. The minimum Gasteiger partial charge on any atom is -0.297 e. The number of benzene rings is 1. The van der Waals surface area contributed by atoms with Crippen LogP contribution in [0.25, 0.3) is 0 Å². The lowest BCUT2D eigenvalue weighted by molar-refractivity contribution is -0.0627. The number of nitrogens with one attached hydrogen (secondary N) is 1. The number of halogens is 3. The molecule has 0 aromatic heterocycles. The summed E-state index contributed by atoms with van der Waals surface area (Å²) in [6.45, 7) is 3.33. The Kier molecular flexibility index (Phi) is 2.70. The Morgan fingerprint density at radius 1 is 1.32 bits per heavy atom. The van der Waals surface area contributed by atoms with Gasteiger partial charge >= 0.3 is 0 Å². The van der Waals surface area contributed by atoms with Crippen molar-refractivity contribution in [2.45, 2.75) is 37.8 Å². The van der Waals surface area contributed by atoms with Crippen molar-refractivity contribution in [3.8, 4) is 0 Å². The molecule has 2 aliphatic rings. The van der Waals surface area contributed by atoms with Crippen molar-refractivity contribution in [3.63, 3.8) is 0 Å². The minimum atomic E-state index is -2.86. The highest BCUT2D eigenvalue weighted by Gasteiger charge is 2.66. The van der Waals surface area contributed by atoms with Gasteiger partial charge in [-0.3, -0.25) is 4.84 Å². The van der Waals surface area contributed by atoms with Gasteiger partial charge in [0.1, 0.15) is 5.82 Å². The molecular formula is C14H16F3NO. The molecule has 3 rings (SSSR count). The van der Waals surface area contributed by atoms with E-state index in [1.54, 1.807) is 26.0 Å². The monoisotopic (exact) mass is 271 g/mol. The Morgan fingerprint density at radius 3 is 2.68 bits per heavy atom. The molecule has 2 fully saturated rings. The van der Waals surface area contributed by atoms with E-state index in [-0.39, 0.29) is 17.9 Å². The molecule has 1 N–H and O–H groups in total. The first-order valence-corrected chi connectivity index (χ1v) is 6.42. The molecule has 19 heavy (non-hydrogen) atoms. The number of hydrogen-bond acceptors (Lipinski definition) is 2. The number of rotatable bonds is 1. The molecule has 5 heteroatoms. The van der Waals surface area contributed by atoms with Crippen LogP contribution in [0.4, 0.5) is 13.2 Å². The second kappa shape index (κ2) is 3.96. The van der Waals surface area contributed by atoms with Crippen LogP contribution in [0.15, 0.2) is 24.3 Å². The molecule has 1 saturated heterocycles. The molecule has 1 aliphatic heterocycles. The summed E-state index contributed by atoms with van der Waals surface area (Å²) < 4.78 is 42.4. The highest BCUT2D eigenvalue weighted by molar-refractivity contribution is 5.30. The number of fused-ring (bicyclic) bond motifs is 1. The fraction of sp³-hybridized carbons (Fsp3) is 0.571. The third-order valence-electron chi connectivity index (χ3n) is 4.40. The van der Waals surface area contributed by atoms with Crippen LogP contribution in [0, 0.1) is 17.7 Å². The zero-order chi connectivity index (χ0) is 13.8. The first kappa shape index (κ1) is 12.9. The summed E-state index contributed by atoms with van der Waals surface area (Å²) in [4.78, 5) is 5.35. The molecule has 1 heterocycles. The second-order valence-corrected chi connectivity index (χ2v) is 5.79. The lowest BCUT2D eigenvalue weighted by Gasteiger charge is -2.33. The van der Waals surface area contributed by atoms with E-state index in [0.717, 1.165) is 0 Å². The van der Waals surface area contributed by atoms with E-state index in [0.29, 0.717) is 0 Å². The Labute approximate surface area is 109 Å². The molecule has 0 radical (unpaired) electrons. The van der Waals surface area contributed by atoms with Crippen LogP contribution in [-0.2, 0) is 10.4 Å². The summed E-state index contributed by atoms with van der Waals surface area (Å²) in [5.74, 6) is -4.64. The van der Waals surface area contributed by atoms with E-state index in [4.69, 9.17) is 4.84 Å². The molecule has 1 aromatic carbocycles. The highest BCUT2D eigenvalue weighted by atomic mass is 19.3. The van der Waals surface area contributed by atoms with Gasteiger partial charge in [0.05, 0.1) is 17.6 Å². The van der Waals surface area contributed by atoms with Crippen LogP contribution >= 0.6 is 0 Å². The van der Waals surface area contributed by atoms with E-state index >= 15 is 0 Å². The Bertz CT molecular complexity index is 507. The maximum atomic E-state index is 14.2. The second-order valence-electron chi connectivity index (χ2n) is 5.79. The topological polar surface area (TPSA) is 21.3 Å². The van der Waals surface area contributed by atoms with Gasteiger partial charge in [-0.15, -0.1) is 0 Å². The third-order valence-corrected chi connectivity index (χ3v) is 4.40. The number of hydrogen-bond donors (Lipinski definition) is 1. The Hall–Kier alpha value is -1.07. The van der Waals surface area contributed by atoms with Gasteiger partial charge in [-0.25, -0.2) is 13.2 Å². The van der Waals surface area contributed by atoms with Gasteiger partial charge in [0.15, 0.2) is 0 Å². The van der Waals surface area contributed by atoms with Crippen molar-refractivity contribution in [1.29, 1.82) is 0 Å². The predicted molar refractivity (Wildman–Crippen MR) is 64.0 cm³/mol. The summed E-state index contributed by atoms with van der Waals surface area (Å²) in [5.41, 5.74) is 1.69. The van der Waals surface area contributed by atoms with Crippen molar-refractivity contribution >= 4 is 0 Å². The maximum Gasteiger partial charge on any atom is 0.256 e. The number of hydroxylamine groups is 1. The van der Waals surface area contributed by atoms with Gasteiger partial charge in [0.2, 0.25) is 0 Å². The van der Waals surface area contributed by atoms with E-state index in [2.05, 4.69) is 5.48 Å². The standard InChI is InChI=1S/C14H16F3NO/c1-8-7-14(16,17)12-11(8)19-18-13(12,2)9-5-3-4-6-10(9)15/h3-6,8,11-12,18H,7H2,1-2H3/t8?,11-,12+,13-/m1/s1. The largest absolute Gasteiger partial charge is 0.297 e. The fourth-order valence-electron chi connectivity index (χ4n) is 3.54. The van der Waals surface area contributed by atoms with Gasteiger partial charge in [-0.1, -0.05) is 25.1 Å². The molecular weight excluding hydrogens is 255 g/mol. The smallest absolute Gasteiger partial charge is 0.256 e.